The smallest absolute Gasteiger partial charge is 0.136 e. The van der Waals surface area contributed by atoms with Crippen molar-refractivity contribution in [1.29, 1.82) is 0 Å². The normalized spacial score (nSPS) is 11.5. The molecule has 0 saturated heterocycles. The predicted octanol–water partition coefficient (Wildman–Crippen LogP) is 16.8. The first-order chi connectivity index (χ1) is 31.2. The zero-order chi connectivity index (χ0) is 41.7. The molecular formula is C60H40N2O. The number of anilines is 3. The number of hydrogen-bond acceptors (Lipinski definition) is 2. The third-order valence-electron chi connectivity index (χ3n) is 12.4. The predicted molar refractivity (Wildman–Crippen MR) is 264 cm³/mol. The van der Waals surface area contributed by atoms with E-state index >= 15 is 0 Å². The largest absolute Gasteiger partial charge is 0.456 e. The monoisotopic (exact) mass is 804 g/mol. The summed E-state index contributed by atoms with van der Waals surface area (Å²) in [7, 11) is 0. The molecule has 0 spiro atoms. The van der Waals surface area contributed by atoms with Crippen molar-refractivity contribution in [3.05, 3.63) is 243 Å². The van der Waals surface area contributed by atoms with Crippen LogP contribution in [0.2, 0.25) is 0 Å². The zero-order valence-corrected chi connectivity index (χ0v) is 34.4. The maximum absolute atomic E-state index is 6.26. The van der Waals surface area contributed by atoms with Gasteiger partial charge in [-0.15, -0.1) is 0 Å². The van der Waals surface area contributed by atoms with Crippen LogP contribution in [0.1, 0.15) is 0 Å². The van der Waals surface area contributed by atoms with Gasteiger partial charge in [0, 0.05) is 44.3 Å². The first-order valence-corrected chi connectivity index (χ1v) is 21.5. The van der Waals surface area contributed by atoms with E-state index in [1.807, 2.05) is 12.1 Å². The average molecular weight is 805 g/mol. The van der Waals surface area contributed by atoms with Gasteiger partial charge in [-0.25, -0.2) is 0 Å². The Kier molecular flexibility index (Phi) is 8.83. The fourth-order valence-electron chi connectivity index (χ4n) is 9.39. The van der Waals surface area contributed by atoms with Gasteiger partial charge in [0.05, 0.1) is 11.0 Å². The number of benzene rings is 10. The number of aromatic nitrogens is 1. The Balaban J connectivity index is 0.922. The Morgan fingerprint density at radius 3 is 1.46 bits per heavy atom. The molecule has 12 aromatic rings. The van der Waals surface area contributed by atoms with Crippen molar-refractivity contribution in [3.8, 4) is 50.2 Å². The summed E-state index contributed by atoms with van der Waals surface area (Å²) >= 11 is 0. The van der Waals surface area contributed by atoms with Gasteiger partial charge in [0.2, 0.25) is 0 Å². The molecule has 0 radical (unpaired) electrons. The molecule has 0 bridgehead atoms. The van der Waals surface area contributed by atoms with E-state index in [9.17, 15) is 0 Å². The van der Waals surface area contributed by atoms with E-state index in [0.717, 1.165) is 66.9 Å². The molecule has 0 aliphatic carbocycles. The number of fused-ring (bicyclic) bond motifs is 6. The molecule has 2 heterocycles. The van der Waals surface area contributed by atoms with E-state index in [-0.39, 0.29) is 0 Å². The topological polar surface area (TPSA) is 21.3 Å². The van der Waals surface area contributed by atoms with Gasteiger partial charge in [0.1, 0.15) is 11.2 Å². The van der Waals surface area contributed by atoms with Crippen molar-refractivity contribution in [1.82, 2.24) is 4.57 Å². The molecule has 3 nitrogen and oxygen atoms in total. The van der Waals surface area contributed by atoms with Crippen molar-refractivity contribution in [2.75, 3.05) is 4.90 Å². The summed E-state index contributed by atoms with van der Waals surface area (Å²) in [4.78, 5) is 2.36. The fraction of sp³-hybridized carbons (Fsp3) is 0. The highest BCUT2D eigenvalue weighted by Crippen LogP contribution is 2.41. The summed E-state index contributed by atoms with van der Waals surface area (Å²) in [6, 6.07) is 87.1. The molecule has 0 amide bonds. The number of furan rings is 1. The molecule has 0 aliphatic heterocycles. The minimum Gasteiger partial charge on any atom is -0.456 e. The van der Waals surface area contributed by atoms with E-state index in [0.29, 0.717) is 0 Å². The lowest BCUT2D eigenvalue weighted by Gasteiger charge is -2.26. The molecule has 0 atom stereocenters. The second-order valence-electron chi connectivity index (χ2n) is 16.1. The van der Waals surface area contributed by atoms with Crippen molar-refractivity contribution < 1.29 is 4.42 Å². The van der Waals surface area contributed by atoms with Gasteiger partial charge in [-0.05, 0) is 123 Å². The van der Waals surface area contributed by atoms with E-state index < -0.39 is 0 Å². The van der Waals surface area contributed by atoms with E-state index in [2.05, 4.69) is 240 Å². The van der Waals surface area contributed by atoms with Gasteiger partial charge in [-0.1, -0.05) is 164 Å². The summed E-state index contributed by atoms with van der Waals surface area (Å²) in [5.74, 6) is 0. The van der Waals surface area contributed by atoms with Crippen LogP contribution in [0.15, 0.2) is 247 Å². The van der Waals surface area contributed by atoms with Crippen molar-refractivity contribution in [3.63, 3.8) is 0 Å². The lowest BCUT2D eigenvalue weighted by atomic mass is 9.98. The lowest BCUT2D eigenvalue weighted by Crippen LogP contribution is -2.10. The minimum atomic E-state index is 0.897. The van der Waals surface area contributed by atoms with Crippen LogP contribution in [-0.2, 0) is 0 Å². The summed E-state index contributed by atoms with van der Waals surface area (Å²) in [6.45, 7) is 0. The molecule has 0 N–H and O–H groups in total. The van der Waals surface area contributed by atoms with Crippen LogP contribution in [0.3, 0.4) is 0 Å². The number of para-hydroxylation sites is 3. The maximum Gasteiger partial charge on any atom is 0.136 e. The highest BCUT2D eigenvalue weighted by molar-refractivity contribution is 6.12. The van der Waals surface area contributed by atoms with Crippen LogP contribution in [0.25, 0.3) is 93.9 Å². The fourth-order valence-corrected chi connectivity index (χ4v) is 9.39. The van der Waals surface area contributed by atoms with Crippen molar-refractivity contribution in [2.24, 2.45) is 0 Å². The molecule has 3 heteroatoms. The molecular weight excluding hydrogens is 765 g/mol. The summed E-state index contributed by atoms with van der Waals surface area (Å²) in [5.41, 5.74) is 18.0. The van der Waals surface area contributed by atoms with E-state index in [1.54, 1.807) is 0 Å². The van der Waals surface area contributed by atoms with Gasteiger partial charge >= 0.3 is 0 Å². The molecule has 63 heavy (non-hydrogen) atoms. The first-order valence-electron chi connectivity index (χ1n) is 21.5. The van der Waals surface area contributed by atoms with Crippen LogP contribution in [0.4, 0.5) is 17.1 Å². The average Bonchev–Trinajstić information content (AvgIpc) is 3.91. The standard InChI is InChI=1S/C60H40N2O/c1-2-13-41(14-3-1)45-15-10-16-46(39-45)47-17-11-18-51(40-47)61(49-37-31-44(32-38-49)52-22-12-26-59-60(52)55-21-6-9-25-58(55)63-59)48-33-27-42(28-34-48)43-29-35-50(36-30-43)62-56-23-7-4-19-53(56)54-20-5-8-24-57(54)62/h1-40H. The third-order valence-corrected chi connectivity index (χ3v) is 12.4. The number of rotatable bonds is 8. The summed E-state index contributed by atoms with van der Waals surface area (Å²) in [6.07, 6.45) is 0. The zero-order valence-electron chi connectivity index (χ0n) is 34.4. The van der Waals surface area contributed by atoms with Crippen LogP contribution >= 0.6 is 0 Å². The molecule has 10 aromatic carbocycles. The first kappa shape index (κ1) is 36.5. The minimum absolute atomic E-state index is 0.897. The molecule has 12 rings (SSSR count). The second kappa shape index (κ2) is 15.3. The Hall–Kier alpha value is -8.40. The highest BCUT2D eigenvalue weighted by Gasteiger charge is 2.17. The van der Waals surface area contributed by atoms with Crippen LogP contribution in [0, 0.1) is 0 Å². The Labute approximate surface area is 366 Å². The van der Waals surface area contributed by atoms with Crippen LogP contribution in [0.5, 0.6) is 0 Å². The van der Waals surface area contributed by atoms with Crippen LogP contribution in [-0.4, -0.2) is 4.57 Å². The third kappa shape index (κ3) is 6.46. The van der Waals surface area contributed by atoms with Gasteiger partial charge in [0.15, 0.2) is 0 Å². The van der Waals surface area contributed by atoms with Crippen molar-refractivity contribution >= 4 is 60.8 Å². The number of hydrogen-bond donors (Lipinski definition) is 0. The maximum atomic E-state index is 6.26. The van der Waals surface area contributed by atoms with Crippen molar-refractivity contribution in [2.45, 2.75) is 0 Å². The van der Waals surface area contributed by atoms with E-state index in [4.69, 9.17) is 4.42 Å². The molecule has 0 saturated carbocycles. The van der Waals surface area contributed by atoms with Crippen LogP contribution < -0.4 is 4.90 Å². The van der Waals surface area contributed by atoms with E-state index in [1.165, 1.54) is 44.1 Å². The SMILES string of the molecule is c1ccc(-c2cccc(-c3cccc(N(c4ccc(-c5ccc(-n6c7ccccc7c7ccccc76)cc5)cc4)c4ccc(-c5cccc6oc7ccccc7c56)cc4)c3)c2)cc1. The van der Waals surface area contributed by atoms with Gasteiger partial charge < -0.3 is 13.9 Å². The molecule has 2 aromatic heterocycles. The quantitative estimate of drug-likeness (QED) is 0.153. The van der Waals surface area contributed by atoms with Gasteiger partial charge in [0.25, 0.3) is 0 Å². The van der Waals surface area contributed by atoms with Gasteiger partial charge in [-0.2, -0.15) is 0 Å². The molecule has 0 unspecified atom stereocenters. The molecule has 0 fully saturated rings. The lowest BCUT2D eigenvalue weighted by molar-refractivity contribution is 0.669. The Bertz CT molecular complexity index is 3550. The number of nitrogens with zero attached hydrogens (tertiary/aromatic N) is 2. The molecule has 296 valence electrons. The molecule has 0 aliphatic rings. The summed E-state index contributed by atoms with van der Waals surface area (Å²) < 4.78 is 8.62. The highest BCUT2D eigenvalue weighted by atomic mass is 16.3. The summed E-state index contributed by atoms with van der Waals surface area (Å²) in [5, 5.41) is 4.80. The Morgan fingerprint density at radius 1 is 0.302 bits per heavy atom. The second-order valence-corrected chi connectivity index (χ2v) is 16.1. The van der Waals surface area contributed by atoms with Gasteiger partial charge in [-0.3, -0.25) is 0 Å². The Morgan fingerprint density at radius 2 is 0.778 bits per heavy atom.